The highest BCUT2D eigenvalue weighted by molar-refractivity contribution is 6.10. The fourth-order valence-electron chi connectivity index (χ4n) is 6.01. The van der Waals surface area contributed by atoms with Gasteiger partial charge in [0, 0.05) is 37.0 Å². The maximum absolute atomic E-state index is 14.3. The molecule has 2 aliphatic rings. The van der Waals surface area contributed by atoms with Crippen LogP contribution >= 0.6 is 0 Å². The average Bonchev–Trinajstić information content (AvgIpc) is 3.50. The van der Waals surface area contributed by atoms with E-state index in [1.165, 1.54) is 11.0 Å². The van der Waals surface area contributed by atoms with Gasteiger partial charge in [-0.25, -0.2) is 0 Å². The van der Waals surface area contributed by atoms with Crippen LogP contribution in [0.1, 0.15) is 46.8 Å². The fraction of sp³-hybridized carbons (Fsp3) is 0.323. The topological polar surface area (TPSA) is 54.3 Å². The van der Waals surface area contributed by atoms with E-state index in [2.05, 4.69) is 22.0 Å². The lowest BCUT2D eigenvalue weighted by Gasteiger charge is -2.31. The summed E-state index contributed by atoms with van der Waals surface area (Å²) in [5.41, 5.74) is 3.12. The number of aromatic nitrogens is 3. The van der Waals surface area contributed by atoms with Gasteiger partial charge in [-0.2, -0.15) is 13.2 Å². The van der Waals surface area contributed by atoms with Crippen molar-refractivity contribution in [2.45, 2.75) is 39.0 Å². The summed E-state index contributed by atoms with van der Waals surface area (Å²) in [5.74, 6) is 0.790. The third-order valence-corrected chi connectivity index (χ3v) is 7.90. The van der Waals surface area contributed by atoms with Crippen molar-refractivity contribution in [2.24, 2.45) is 13.0 Å². The second-order valence-electron chi connectivity index (χ2n) is 10.9. The molecule has 1 saturated heterocycles. The molecule has 6 rings (SSSR count). The molecule has 4 aromatic rings. The lowest BCUT2D eigenvalue weighted by atomic mass is 9.96. The van der Waals surface area contributed by atoms with Crippen molar-refractivity contribution in [2.75, 3.05) is 18.0 Å². The van der Waals surface area contributed by atoms with Gasteiger partial charge in [0.25, 0.3) is 5.91 Å². The van der Waals surface area contributed by atoms with E-state index < -0.39 is 17.6 Å². The van der Waals surface area contributed by atoms with Crippen LogP contribution in [0, 0.1) is 5.92 Å². The standard InChI is InChI=1S/C31H30F3N5O/c1-20-7-6-12-38(16-20)17-21-13-26-27(28(14-21)31(32,33)34)18-39(30(26)40)23-9-5-8-22(15-23)24-10-3-4-11-25(24)29-36-35-19-37(29)2/h3-5,8-11,13-15,19-20H,6-7,12,16-18H2,1-2H3. The highest BCUT2D eigenvalue weighted by Crippen LogP contribution is 2.41. The Bertz CT molecular complexity index is 1580. The monoisotopic (exact) mass is 545 g/mol. The molecule has 3 aromatic carbocycles. The van der Waals surface area contributed by atoms with Crippen molar-refractivity contribution >= 4 is 11.6 Å². The normalized spacial score (nSPS) is 17.9. The second kappa shape index (κ2) is 10.2. The van der Waals surface area contributed by atoms with Gasteiger partial charge in [0.15, 0.2) is 5.82 Å². The van der Waals surface area contributed by atoms with E-state index in [9.17, 15) is 18.0 Å². The summed E-state index contributed by atoms with van der Waals surface area (Å²) in [6, 6.07) is 18.0. The van der Waals surface area contributed by atoms with Crippen LogP contribution < -0.4 is 4.90 Å². The molecule has 0 aliphatic carbocycles. The van der Waals surface area contributed by atoms with Gasteiger partial charge < -0.3 is 9.47 Å². The molecule has 1 amide bonds. The predicted octanol–water partition coefficient (Wildman–Crippen LogP) is 6.56. The average molecular weight is 546 g/mol. The number of halogens is 3. The molecule has 0 saturated carbocycles. The van der Waals surface area contributed by atoms with Gasteiger partial charge in [-0.3, -0.25) is 9.69 Å². The number of rotatable bonds is 5. The van der Waals surface area contributed by atoms with E-state index in [1.807, 2.05) is 54.1 Å². The van der Waals surface area contributed by atoms with Crippen molar-refractivity contribution in [3.05, 3.63) is 89.2 Å². The maximum atomic E-state index is 14.3. The third-order valence-electron chi connectivity index (χ3n) is 7.90. The molecule has 0 radical (unpaired) electrons. The van der Waals surface area contributed by atoms with E-state index >= 15 is 0 Å². The number of alkyl halides is 3. The summed E-state index contributed by atoms with van der Waals surface area (Å²) in [5, 5.41) is 8.22. The Balaban J connectivity index is 1.35. The number of nitrogens with zero attached hydrogens (tertiary/aromatic N) is 5. The Hall–Kier alpha value is -3.98. The van der Waals surface area contributed by atoms with E-state index in [0.29, 0.717) is 29.5 Å². The first-order valence-electron chi connectivity index (χ1n) is 13.5. The third kappa shape index (κ3) is 4.90. The molecule has 3 heterocycles. The van der Waals surface area contributed by atoms with Crippen LogP contribution in [0.25, 0.3) is 22.5 Å². The van der Waals surface area contributed by atoms with Crippen molar-refractivity contribution in [1.82, 2.24) is 19.7 Å². The molecule has 9 heteroatoms. The maximum Gasteiger partial charge on any atom is 0.416 e. The molecule has 0 spiro atoms. The molecule has 6 nitrogen and oxygen atoms in total. The number of carbonyl (C=O) groups is 1. The predicted molar refractivity (Wildman–Crippen MR) is 148 cm³/mol. The largest absolute Gasteiger partial charge is 0.416 e. The molecule has 0 N–H and O–H groups in total. The molecule has 0 bridgehead atoms. The van der Waals surface area contributed by atoms with Gasteiger partial charge in [-0.1, -0.05) is 43.3 Å². The summed E-state index contributed by atoms with van der Waals surface area (Å²) in [4.78, 5) is 17.3. The number of benzene rings is 3. The van der Waals surface area contributed by atoms with Crippen LogP contribution in [0.15, 0.2) is 67.0 Å². The van der Waals surface area contributed by atoms with Crippen LogP contribution in [0.4, 0.5) is 18.9 Å². The number of likely N-dealkylation sites (tertiary alicyclic amines) is 1. The smallest absolute Gasteiger partial charge is 0.317 e. The number of hydrogen-bond donors (Lipinski definition) is 0. The van der Waals surface area contributed by atoms with Crippen molar-refractivity contribution in [1.29, 1.82) is 0 Å². The van der Waals surface area contributed by atoms with Gasteiger partial charge in [0.05, 0.1) is 12.1 Å². The number of aryl methyl sites for hydroxylation is 1. The van der Waals surface area contributed by atoms with Crippen LogP contribution in [-0.4, -0.2) is 38.7 Å². The number of anilines is 1. The molecule has 2 aliphatic heterocycles. The van der Waals surface area contributed by atoms with E-state index in [4.69, 9.17) is 0 Å². The summed E-state index contributed by atoms with van der Waals surface area (Å²) in [6.07, 6.45) is -0.769. The zero-order valence-corrected chi connectivity index (χ0v) is 22.4. The minimum Gasteiger partial charge on any atom is -0.317 e. The lowest BCUT2D eigenvalue weighted by molar-refractivity contribution is -0.138. The Morgan fingerprint density at radius 1 is 1.00 bits per heavy atom. The Morgan fingerprint density at radius 2 is 1.80 bits per heavy atom. The molecule has 1 unspecified atom stereocenters. The summed E-state index contributed by atoms with van der Waals surface area (Å²) in [7, 11) is 1.86. The first kappa shape index (κ1) is 26.3. The molecular weight excluding hydrogens is 515 g/mol. The van der Waals surface area contributed by atoms with Crippen LogP contribution in [0.2, 0.25) is 0 Å². The minimum absolute atomic E-state index is 0.0400. The zero-order valence-electron chi connectivity index (χ0n) is 22.4. The summed E-state index contributed by atoms with van der Waals surface area (Å²) < 4.78 is 44.6. The lowest BCUT2D eigenvalue weighted by Crippen LogP contribution is -2.33. The van der Waals surface area contributed by atoms with Gasteiger partial charge in [-0.05, 0) is 71.8 Å². The Morgan fingerprint density at radius 3 is 2.52 bits per heavy atom. The Labute approximate surface area is 231 Å². The number of fused-ring (bicyclic) bond motifs is 1. The SMILES string of the molecule is CC1CCCN(Cc2cc3c(c(C(F)(F)F)c2)CN(c2cccc(-c4ccccc4-c4nncn4C)c2)C3=O)C1. The summed E-state index contributed by atoms with van der Waals surface area (Å²) in [6.45, 7) is 4.14. The molecular formula is C31H30F3N5O. The molecule has 206 valence electrons. The number of carbonyl (C=O) groups excluding carboxylic acids is 1. The molecule has 1 atom stereocenters. The highest BCUT2D eigenvalue weighted by atomic mass is 19.4. The number of piperidine rings is 1. The number of amides is 1. The van der Waals surface area contributed by atoms with E-state index in [-0.39, 0.29) is 17.7 Å². The van der Waals surface area contributed by atoms with Crippen LogP contribution in [-0.2, 0) is 26.3 Å². The van der Waals surface area contributed by atoms with Gasteiger partial charge >= 0.3 is 6.18 Å². The van der Waals surface area contributed by atoms with Crippen molar-refractivity contribution < 1.29 is 18.0 Å². The van der Waals surface area contributed by atoms with Gasteiger partial charge in [-0.15, -0.1) is 10.2 Å². The van der Waals surface area contributed by atoms with E-state index in [0.717, 1.165) is 42.6 Å². The van der Waals surface area contributed by atoms with Crippen LogP contribution in [0.3, 0.4) is 0 Å². The molecule has 1 fully saturated rings. The van der Waals surface area contributed by atoms with Crippen molar-refractivity contribution in [3.8, 4) is 22.5 Å². The van der Waals surface area contributed by atoms with Crippen molar-refractivity contribution in [3.63, 3.8) is 0 Å². The fourth-order valence-corrected chi connectivity index (χ4v) is 6.01. The van der Waals surface area contributed by atoms with Crippen LogP contribution in [0.5, 0.6) is 0 Å². The zero-order chi connectivity index (χ0) is 28.0. The van der Waals surface area contributed by atoms with Gasteiger partial charge in [0.1, 0.15) is 6.33 Å². The highest BCUT2D eigenvalue weighted by Gasteiger charge is 2.40. The van der Waals surface area contributed by atoms with Gasteiger partial charge in [0.2, 0.25) is 0 Å². The quantitative estimate of drug-likeness (QED) is 0.285. The Kier molecular flexibility index (Phi) is 6.70. The van der Waals surface area contributed by atoms with E-state index in [1.54, 1.807) is 18.5 Å². The summed E-state index contributed by atoms with van der Waals surface area (Å²) >= 11 is 0. The first-order valence-corrected chi connectivity index (χ1v) is 13.5. The number of hydrogen-bond acceptors (Lipinski definition) is 4. The molecule has 1 aromatic heterocycles. The molecule has 40 heavy (non-hydrogen) atoms. The minimum atomic E-state index is -4.55. The second-order valence-corrected chi connectivity index (χ2v) is 10.9. The first-order chi connectivity index (χ1) is 19.2.